The predicted octanol–water partition coefficient (Wildman–Crippen LogP) is 6.69. The van der Waals surface area contributed by atoms with Crippen molar-refractivity contribution in [3.8, 4) is 0 Å². The summed E-state index contributed by atoms with van der Waals surface area (Å²) in [5.41, 5.74) is 5.17. The van der Waals surface area contributed by atoms with Gasteiger partial charge in [0.05, 0.1) is 5.41 Å². The monoisotopic (exact) mass is 342 g/mol. The standard InChI is InChI=1S/C27H18/c1-3-11-21(12-4-1)27(22-13-5-2-6-14-22)23-15-7-9-19-17-18-20-10-8-16-24(27)26(20)25(19)23/h1-18H. The summed E-state index contributed by atoms with van der Waals surface area (Å²) >= 11 is 0. The van der Waals surface area contributed by atoms with Gasteiger partial charge in [-0.05, 0) is 43.8 Å². The zero-order valence-electron chi connectivity index (χ0n) is 14.9. The molecule has 0 bridgehead atoms. The van der Waals surface area contributed by atoms with Gasteiger partial charge in [0.25, 0.3) is 0 Å². The van der Waals surface area contributed by atoms with Gasteiger partial charge in [0.15, 0.2) is 0 Å². The number of hydrogen-bond donors (Lipinski definition) is 0. The Morgan fingerprint density at radius 1 is 0.370 bits per heavy atom. The fraction of sp³-hybridized carbons (Fsp3) is 0.0370. The highest BCUT2D eigenvalue weighted by atomic mass is 14.4. The molecule has 1 aliphatic carbocycles. The first-order chi connectivity index (χ1) is 13.4. The Hall–Kier alpha value is -3.38. The van der Waals surface area contributed by atoms with Gasteiger partial charge < -0.3 is 0 Å². The van der Waals surface area contributed by atoms with Crippen molar-refractivity contribution in [1.29, 1.82) is 0 Å². The van der Waals surface area contributed by atoms with Crippen LogP contribution in [-0.2, 0) is 5.41 Å². The van der Waals surface area contributed by atoms with E-state index in [1.807, 2.05) is 0 Å². The molecule has 0 spiro atoms. The molecule has 0 fully saturated rings. The largest absolute Gasteiger partial charge is 0.0714 e. The van der Waals surface area contributed by atoms with Crippen LogP contribution in [0.4, 0.5) is 0 Å². The maximum atomic E-state index is 2.32. The molecule has 0 heterocycles. The van der Waals surface area contributed by atoms with Gasteiger partial charge in [0.2, 0.25) is 0 Å². The van der Waals surface area contributed by atoms with Gasteiger partial charge >= 0.3 is 0 Å². The van der Waals surface area contributed by atoms with Crippen LogP contribution in [-0.4, -0.2) is 0 Å². The summed E-state index contributed by atoms with van der Waals surface area (Å²) in [4.78, 5) is 0. The molecule has 5 aromatic carbocycles. The van der Waals surface area contributed by atoms with Crippen molar-refractivity contribution in [1.82, 2.24) is 0 Å². The lowest BCUT2D eigenvalue weighted by molar-refractivity contribution is 0.771. The Morgan fingerprint density at radius 2 is 0.815 bits per heavy atom. The number of benzene rings is 5. The maximum absolute atomic E-state index is 2.32. The Kier molecular flexibility index (Phi) is 2.90. The molecule has 0 saturated carbocycles. The summed E-state index contributed by atoms with van der Waals surface area (Å²) in [6.45, 7) is 0. The Morgan fingerprint density at radius 3 is 1.26 bits per heavy atom. The van der Waals surface area contributed by atoms with Gasteiger partial charge in [0, 0.05) is 0 Å². The molecule has 1 aliphatic rings. The second-order valence-electron chi connectivity index (χ2n) is 7.35. The van der Waals surface area contributed by atoms with Crippen LogP contribution in [0.2, 0.25) is 0 Å². The van der Waals surface area contributed by atoms with Gasteiger partial charge in [0.1, 0.15) is 0 Å². The van der Waals surface area contributed by atoms with Gasteiger partial charge in [-0.15, -0.1) is 0 Å². The quantitative estimate of drug-likeness (QED) is 0.308. The van der Waals surface area contributed by atoms with Crippen LogP contribution >= 0.6 is 0 Å². The highest BCUT2D eigenvalue weighted by molar-refractivity contribution is 6.16. The van der Waals surface area contributed by atoms with Crippen molar-refractivity contribution in [3.05, 3.63) is 131 Å². The summed E-state index contributed by atoms with van der Waals surface area (Å²) in [7, 11) is 0. The topological polar surface area (TPSA) is 0 Å². The minimum absolute atomic E-state index is 0.273. The second kappa shape index (κ2) is 5.31. The van der Waals surface area contributed by atoms with Crippen molar-refractivity contribution in [2.24, 2.45) is 0 Å². The second-order valence-corrected chi connectivity index (χ2v) is 7.35. The van der Waals surface area contributed by atoms with E-state index in [0.717, 1.165) is 0 Å². The highest BCUT2D eigenvalue weighted by Crippen LogP contribution is 2.55. The molecule has 0 saturated heterocycles. The van der Waals surface area contributed by atoms with Gasteiger partial charge in [-0.25, -0.2) is 0 Å². The van der Waals surface area contributed by atoms with E-state index >= 15 is 0 Å². The molecule has 0 N–H and O–H groups in total. The van der Waals surface area contributed by atoms with Gasteiger partial charge in [-0.3, -0.25) is 0 Å². The molecule has 126 valence electrons. The third-order valence-corrected chi connectivity index (χ3v) is 6.11. The first kappa shape index (κ1) is 14.8. The van der Waals surface area contributed by atoms with Crippen LogP contribution in [0.25, 0.3) is 21.5 Å². The van der Waals surface area contributed by atoms with Gasteiger partial charge in [-0.2, -0.15) is 0 Å². The summed E-state index contributed by atoms with van der Waals surface area (Å²) < 4.78 is 0. The van der Waals surface area contributed by atoms with Crippen molar-refractivity contribution < 1.29 is 0 Å². The van der Waals surface area contributed by atoms with Crippen molar-refractivity contribution in [3.63, 3.8) is 0 Å². The molecule has 0 nitrogen and oxygen atoms in total. The molecule has 6 rings (SSSR count). The third kappa shape index (κ3) is 1.77. The van der Waals surface area contributed by atoms with Crippen molar-refractivity contribution in [2.75, 3.05) is 0 Å². The lowest BCUT2D eigenvalue weighted by Gasteiger charge is -2.34. The van der Waals surface area contributed by atoms with Crippen LogP contribution in [0.1, 0.15) is 22.3 Å². The van der Waals surface area contributed by atoms with E-state index in [9.17, 15) is 0 Å². The highest BCUT2D eigenvalue weighted by Gasteiger charge is 2.44. The Balaban J connectivity index is 1.90. The third-order valence-electron chi connectivity index (χ3n) is 6.11. The molecule has 0 aliphatic heterocycles. The molecule has 0 amide bonds. The summed E-state index contributed by atoms with van der Waals surface area (Å²) in [6.07, 6.45) is 0. The van der Waals surface area contributed by atoms with Crippen LogP contribution in [0.3, 0.4) is 0 Å². The van der Waals surface area contributed by atoms with Gasteiger partial charge in [-0.1, -0.05) is 109 Å². The van der Waals surface area contributed by atoms with Crippen LogP contribution in [0, 0.1) is 0 Å². The van der Waals surface area contributed by atoms with E-state index in [1.54, 1.807) is 0 Å². The van der Waals surface area contributed by atoms with E-state index in [-0.39, 0.29) is 5.41 Å². The lowest BCUT2D eigenvalue weighted by atomic mass is 9.67. The lowest BCUT2D eigenvalue weighted by Crippen LogP contribution is -2.28. The first-order valence-electron chi connectivity index (χ1n) is 9.47. The molecule has 0 aromatic heterocycles. The number of hydrogen-bond acceptors (Lipinski definition) is 0. The normalized spacial score (nSPS) is 14.2. The zero-order valence-corrected chi connectivity index (χ0v) is 14.9. The summed E-state index contributed by atoms with van der Waals surface area (Å²) in [6, 6.07) is 40.0. The maximum Gasteiger partial charge on any atom is 0.0714 e. The van der Waals surface area contributed by atoms with Crippen LogP contribution < -0.4 is 0 Å². The molecule has 0 radical (unpaired) electrons. The van der Waals surface area contributed by atoms with Crippen LogP contribution in [0.5, 0.6) is 0 Å². The van der Waals surface area contributed by atoms with E-state index in [0.29, 0.717) is 0 Å². The average Bonchev–Trinajstić information content (AvgIpc) is 3.06. The molecule has 5 aromatic rings. The fourth-order valence-electron chi connectivity index (χ4n) is 5.09. The predicted molar refractivity (Wildman–Crippen MR) is 113 cm³/mol. The SMILES string of the molecule is c1ccc(C2(c3ccccc3)c3cccc4ccc5cccc2c5c34)cc1. The summed E-state index contributed by atoms with van der Waals surface area (Å²) in [5.74, 6) is 0. The molecular formula is C27H18. The van der Waals surface area contributed by atoms with E-state index in [2.05, 4.69) is 109 Å². The summed E-state index contributed by atoms with van der Waals surface area (Å²) in [5, 5.41) is 5.44. The van der Waals surface area contributed by atoms with E-state index in [1.165, 1.54) is 43.8 Å². The van der Waals surface area contributed by atoms with Crippen molar-refractivity contribution >= 4 is 21.5 Å². The number of rotatable bonds is 2. The molecule has 0 atom stereocenters. The van der Waals surface area contributed by atoms with Crippen molar-refractivity contribution in [2.45, 2.75) is 5.41 Å². The zero-order chi connectivity index (χ0) is 17.8. The molecule has 27 heavy (non-hydrogen) atoms. The molecule has 0 heteroatoms. The average molecular weight is 342 g/mol. The van der Waals surface area contributed by atoms with Crippen LogP contribution in [0.15, 0.2) is 109 Å². The Bertz CT molecular complexity index is 1190. The molecule has 0 unspecified atom stereocenters. The van der Waals surface area contributed by atoms with E-state index < -0.39 is 0 Å². The fourth-order valence-corrected chi connectivity index (χ4v) is 5.09. The smallest absolute Gasteiger partial charge is 0.0622 e. The van der Waals surface area contributed by atoms with E-state index in [4.69, 9.17) is 0 Å². The minimum Gasteiger partial charge on any atom is -0.0622 e. The first-order valence-corrected chi connectivity index (χ1v) is 9.47. The Labute approximate surface area is 158 Å². The molecular weight excluding hydrogens is 324 g/mol. The minimum atomic E-state index is -0.273.